The van der Waals surface area contributed by atoms with Crippen molar-refractivity contribution in [3.63, 3.8) is 0 Å². The van der Waals surface area contributed by atoms with E-state index < -0.39 is 0 Å². The van der Waals surface area contributed by atoms with E-state index in [-0.39, 0.29) is 0 Å². The number of nitrogens with zero attached hydrogens (tertiary/aromatic N) is 1. The van der Waals surface area contributed by atoms with E-state index in [0.29, 0.717) is 6.04 Å². The second kappa shape index (κ2) is 10.9. The highest BCUT2D eigenvalue weighted by Gasteiger charge is 2.28. The summed E-state index contributed by atoms with van der Waals surface area (Å²) in [5.74, 6) is 3.27. The molecule has 1 saturated heterocycles. The fraction of sp³-hybridized carbons (Fsp3) is 1.00. The highest BCUT2D eigenvalue weighted by Crippen LogP contribution is 2.28. The number of nitrogens with two attached hydrogens (primary N) is 1. The molecule has 1 aliphatic heterocycles. The van der Waals surface area contributed by atoms with Gasteiger partial charge in [0.15, 0.2) is 0 Å². The molecule has 0 aromatic rings. The molecule has 0 saturated carbocycles. The smallest absolute Gasteiger partial charge is 0.0593 e. The summed E-state index contributed by atoms with van der Waals surface area (Å²) >= 11 is 2.06. The van der Waals surface area contributed by atoms with E-state index >= 15 is 0 Å². The molecule has 2 unspecified atom stereocenters. The Kier molecular flexibility index (Phi) is 9.91. The van der Waals surface area contributed by atoms with Crippen molar-refractivity contribution in [1.82, 2.24) is 4.90 Å². The van der Waals surface area contributed by atoms with Crippen molar-refractivity contribution in [3.8, 4) is 0 Å². The molecule has 114 valence electrons. The van der Waals surface area contributed by atoms with Crippen LogP contribution in [0.5, 0.6) is 0 Å². The second-order valence-corrected chi connectivity index (χ2v) is 6.01. The zero-order chi connectivity index (χ0) is 13.9. The average molecular weight is 290 g/mol. The van der Waals surface area contributed by atoms with E-state index in [4.69, 9.17) is 15.2 Å². The van der Waals surface area contributed by atoms with Gasteiger partial charge in [-0.1, -0.05) is 0 Å². The molecular weight excluding hydrogens is 260 g/mol. The molecule has 4 nitrogen and oxygen atoms in total. The second-order valence-electron chi connectivity index (χ2n) is 4.86. The molecule has 1 heterocycles. The van der Waals surface area contributed by atoms with Crippen LogP contribution >= 0.6 is 11.8 Å². The number of hydrogen-bond donors (Lipinski definition) is 1. The van der Waals surface area contributed by atoms with Gasteiger partial charge in [0.25, 0.3) is 0 Å². The van der Waals surface area contributed by atoms with E-state index in [9.17, 15) is 0 Å². The van der Waals surface area contributed by atoms with Gasteiger partial charge in [0.1, 0.15) is 0 Å². The van der Waals surface area contributed by atoms with Gasteiger partial charge >= 0.3 is 0 Å². The summed E-state index contributed by atoms with van der Waals surface area (Å²) < 4.78 is 11.0. The number of hydrogen-bond acceptors (Lipinski definition) is 5. The van der Waals surface area contributed by atoms with Crippen molar-refractivity contribution in [2.75, 3.05) is 57.6 Å². The van der Waals surface area contributed by atoms with Gasteiger partial charge in [0.05, 0.1) is 13.2 Å². The monoisotopic (exact) mass is 290 g/mol. The van der Waals surface area contributed by atoms with E-state index in [0.717, 1.165) is 52.0 Å². The summed E-state index contributed by atoms with van der Waals surface area (Å²) in [5, 5.41) is 0. The molecule has 2 N–H and O–H groups in total. The quantitative estimate of drug-likeness (QED) is 0.584. The summed E-state index contributed by atoms with van der Waals surface area (Å²) in [6.45, 7) is 9.89. The van der Waals surface area contributed by atoms with Gasteiger partial charge in [-0.2, -0.15) is 11.8 Å². The van der Waals surface area contributed by atoms with Crippen molar-refractivity contribution >= 4 is 11.8 Å². The molecule has 5 heteroatoms. The van der Waals surface area contributed by atoms with Gasteiger partial charge in [-0.05, 0) is 37.7 Å². The lowest BCUT2D eigenvalue weighted by atomic mass is 9.97. The van der Waals surface area contributed by atoms with E-state index in [2.05, 4.69) is 16.7 Å². The van der Waals surface area contributed by atoms with Crippen LogP contribution in [0.15, 0.2) is 0 Å². The van der Waals surface area contributed by atoms with Crippen molar-refractivity contribution in [1.29, 1.82) is 0 Å². The molecule has 1 rings (SSSR count). The Labute approximate surface area is 122 Å². The lowest BCUT2D eigenvalue weighted by Crippen LogP contribution is -2.48. The van der Waals surface area contributed by atoms with Crippen LogP contribution in [0.4, 0.5) is 0 Å². The molecule has 2 atom stereocenters. The molecule has 0 amide bonds. The average Bonchev–Trinajstić information content (AvgIpc) is 2.93. The molecule has 1 fully saturated rings. The first-order chi connectivity index (χ1) is 9.33. The minimum Gasteiger partial charge on any atom is -0.380 e. The van der Waals surface area contributed by atoms with Gasteiger partial charge in [-0.3, -0.25) is 4.90 Å². The van der Waals surface area contributed by atoms with Crippen LogP contribution < -0.4 is 5.73 Å². The predicted octanol–water partition coefficient (Wildman–Crippen LogP) is 1.44. The fourth-order valence-electron chi connectivity index (χ4n) is 2.59. The molecular formula is C14H30N2O2S. The molecule has 0 aromatic heterocycles. The Morgan fingerprint density at radius 3 is 2.26 bits per heavy atom. The normalized spacial score (nSPS) is 21.2. The van der Waals surface area contributed by atoms with Crippen LogP contribution in [0.1, 0.15) is 20.3 Å². The van der Waals surface area contributed by atoms with Crippen molar-refractivity contribution < 1.29 is 9.47 Å². The molecule has 19 heavy (non-hydrogen) atoms. The number of thioether (sulfide) groups is 1. The van der Waals surface area contributed by atoms with Gasteiger partial charge in [0, 0.05) is 38.9 Å². The highest BCUT2D eigenvalue weighted by atomic mass is 32.2. The third kappa shape index (κ3) is 6.45. The van der Waals surface area contributed by atoms with Crippen LogP contribution in [-0.2, 0) is 9.47 Å². The Morgan fingerprint density at radius 2 is 1.84 bits per heavy atom. The van der Waals surface area contributed by atoms with Crippen LogP contribution in [0.2, 0.25) is 0 Å². The highest BCUT2D eigenvalue weighted by molar-refractivity contribution is 7.99. The van der Waals surface area contributed by atoms with Crippen molar-refractivity contribution in [2.24, 2.45) is 11.7 Å². The molecule has 0 aromatic carbocycles. The van der Waals surface area contributed by atoms with E-state index in [1.165, 1.54) is 17.9 Å². The van der Waals surface area contributed by atoms with Gasteiger partial charge < -0.3 is 15.2 Å². The largest absolute Gasteiger partial charge is 0.380 e. The first-order valence-corrected chi connectivity index (χ1v) is 8.66. The molecule has 1 aliphatic rings. The van der Waals surface area contributed by atoms with Crippen LogP contribution in [-0.4, -0.2) is 68.5 Å². The summed E-state index contributed by atoms with van der Waals surface area (Å²) in [4.78, 5) is 2.47. The minimum atomic E-state index is 0.482. The Hall–Kier alpha value is 0.190. The lowest BCUT2D eigenvalue weighted by Gasteiger charge is -2.34. The topological polar surface area (TPSA) is 47.7 Å². The summed E-state index contributed by atoms with van der Waals surface area (Å²) in [7, 11) is 0. The third-order valence-electron chi connectivity index (χ3n) is 3.67. The number of rotatable bonds is 11. The van der Waals surface area contributed by atoms with Gasteiger partial charge in [-0.15, -0.1) is 0 Å². The molecule has 0 radical (unpaired) electrons. The van der Waals surface area contributed by atoms with Crippen molar-refractivity contribution in [3.05, 3.63) is 0 Å². The van der Waals surface area contributed by atoms with Crippen molar-refractivity contribution in [2.45, 2.75) is 26.3 Å². The predicted molar refractivity (Wildman–Crippen MR) is 82.8 cm³/mol. The first kappa shape index (κ1) is 17.2. The SMILES string of the molecule is CCOCCN(CCOCC)C(CN)C1CCSC1. The van der Waals surface area contributed by atoms with Gasteiger partial charge in [0.2, 0.25) is 0 Å². The standard InChI is InChI=1S/C14H30N2O2S/c1-3-17-8-6-16(7-9-18-4-2)14(11-15)13-5-10-19-12-13/h13-14H,3-12,15H2,1-2H3. The maximum atomic E-state index is 6.03. The van der Waals surface area contributed by atoms with Crippen LogP contribution in [0, 0.1) is 5.92 Å². The Balaban J connectivity index is 2.46. The lowest BCUT2D eigenvalue weighted by molar-refractivity contribution is 0.0520. The number of ether oxygens (including phenoxy) is 2. The zero-order valence-corrected chi connectivity index (χ0v) is 13.3. The molecule has 0 bridgehead atoms. The fourth-order valence-corrected chi connectivity index (χ4v) is 3.92. The maximum absolute atomic E-state index is 6.03. The summed E-state index contributed by atoms with van der Waals surface area (Å²) in [6, 6.07) is 0.482. The van der Waals surface area contributed by atoms with Crippen LogP contribution in [0.25, 0.3) is 0 Å². The summed E-state index contributed by atoms with van der Waals surface area (Å²) in [5.41, 5.74) is 6.03. The van der Waals surface area contributed by atoms with E-state index in [1.54, 1.807) is 0 Å². The third-order valence-corrected chi connectivity index (χ3v) is 4.86. The van der Waals surface area contributed by atoms with E-state index in [1.807, 2.05) is 13.8 Å². The zero-order valence-electron chi connectivity index (χ0n) is 12.5. The minimum absolute atomic E-state index is 0.482. The van der Waals surface area contributed by atoms with Crippen LogP contribution in [0.3, 0.4) is 0 Å². The van der Waals surface area contributed by atoms with Gasteiger partial charge in [-0.25, -0.2) is 0 Å². The molecule has 0 spiro atoms. The summed E-state index contributed by atoms with van der Waals surface area (Å²) in [6.07, 6.45) is 1.30. The Morgan fingerprint density at radius 1 is 1.21 bits per heavy atom. The molecule has 0 aliphatic carbocycles. The maximum Gasteiger partial charge on any atom is 0.0593 e. The Bertz CT molecular complexity index is 204. The first-order valence-electron chi connectivity index (χ1n) is 7.50.